The number of amides is 2. The molecule has 1 aliphatic carbocycles. The summed E-state index contributed by atoms with van der Waals surface area (Å²) < 4.78 is 0. The van der Waals surface area contributed by atoms with E-state index in [2.05, 4.69) is 0 Å². The largest absolute Gasteiger partial charge is 0.481 e. The van der Waals surface area contributed by atoms with E-state index in [0.29, 0.717) is 37.2 Å². The molecule has 1 saturated heterocycles. The van der Waals surface area contributed by atoms with Gasteiger partial charge in [-0.15, -0.1) is 0 Å². The molecule has 22 heavy (non-hydrogen) atoms. The molecule has 0 radical (unpaired) electrons. The number of hydrogen-bond acceptors (Lipinski definition) is 3. The highest BCUT2D eigenvalue weighted by Crippen LogP contribution is 2.47. The molecule has 1 aromatic carbocycles. The Morgan fingerprint density at radius 1 is 1.14 bits per heavy atom. The van der Waals surface area contributed by atoms with Crippen LogP contribution in [0.25, 0.3) is 0 Å². The van der Waals surface area contributed by atoms with Crippen molar-refractivity contribution in [2.45, 2.75) is 24.7 Å². The van der Waals surface area contributed by atoms with Crippen molar-refractivity contribution in [2.24, 2.45) is 0 Å². The lowest BCUT2D eigenvalue weighted by Crippen LogP contribution is -2.54. The van der Waals surface area contributed by atoms with Gasteiger partial charge in [-0.05, 0) is 24.5 Å². The molecule has 1 heterocycles. The average molecular weight is 302 g/mol. The predicted octanol–water partition coefficient (Wildman–Crippen LogP) is 0.998. The molecule has 1 aliphatic heterocycles. The van der Waals surface area contributed by atoms with Crippen LogP contribution in [0.4, 0.5) is 5.69 Å². The number of carboxylic acid groups (broad SMARTS) is 1. The summed E-state index contributed by atoms with van der Waals surface area (Å²) in [7, 11) is 1.59. The predicted molar refractivity (Wildman–Crippen MR) is 79.6 cm³/mol. The minimum atomic E-state index is -0.927. The van der Waals surface area contributed by atoms with Gasteiger partial charge in [-0.2, -0.15) is 0 Å². The first kappa shape index (κ1) is 14.6. The van der Waals surface area contributed by atoms with E-state index in [-0.39, 0.29) is 0 Å². The van der Waals surface area contributed by atoms with Crippen LogP contribution in [0.3, 0.4) is 0 Å². The van der Waals surface area contributed by atoms with Gasteiger partial charge in [-0.25, -0.2) is 0 Å². The number of benzene rings is 1. The lowest BCUT2D eigenvalue weighted by atomic mass is 9.64. The summed E-state index contributed by atoms with van der Waals surface area (Å²) in [5, 5.41) is 9.64. The van der Waals surface area contributed by atoms with Crippen LogP contribution in [0.2, 0.25) is 0 Å². The Hall–Kier alpha value is -2.37. The zero-order valence-electron chi connectivity index (χ0n) is 12.4. The normalized spacial score (nSPS) is 20.8. The standard InChI is InChI=1S/C16H18N2O4/c1-17-9-10-18(14(20)13(17)19)12-6-3-2-5-11(12)16(15(21)22)7-4-8-16/h2-3,5-6H,4,7-10H2,1H3,(H,21,22). The van der Waals surface area contributed by atoms with Crippen LogP contribution in [-0.4, -0.2) is 47.9 Å². The van der Waals surface area contributed by atoms with E-state index >= 15 is 0 Å². The Morgan fingerprint density at radius 2 is 1.82 bits per heavy atom. The highest BCUT2D eigenvalue weighted by atomic mass is 16.4. The number of rotatable bonds is 3. The summed E-state index contributed by atoms with van der Waals surface area (Å²) in [4.78, 5) is 38.7. The number of likely N-dealkylation sites (N-methyl/N-ethyl adjacent to an activating group) is 1. The molecule has 0 aromatic heterocycles. The number of aliphatic carboxylic acids is 1. The maximum absolute atomic E-state index is 12.3. The third-order valence-corrected chi connectivity index (χ3v) is 4.76. The minimum Gasteiger partial charge on any atom is -0.481 e. The molecule has 1 aromatic rings. The Labute approximate surface area is 128 Å². The van der Waals surface area contributed by atoms with E-state index in [1.165, 1.54) is 9.80 Å². The number of nitrogens with zero attached hydrogens (tertiary/aromatic N) is 2. The van der Waals surface area contributed by atoms with Gasteiger partial charge >= 0.3 is 17.8 Å². The number of anilines is 1. The molecule has 1 N–H and O–H groups in total. The fraction of sp³-hybridized carbons (Fsp3) is 0.438. The number of carbonyl (C=O) groups excluding carboxylic acids is 2. The number of carboxylic acids is 1. The Balaban J connectivity index is 2.04. The summed E-state index contributed by atoms with van der Waals surface area (Å²) in [5.41, 5.74) is 0.263. The van der Waals surface area contributed by atoms with E-state index in [4.69, 9.17) is 0 Å². The molecule has 2 amide bonds. The molecule has 6 heteroatoms. The molecule has 6 nitrogen and oxygen atoms in total. The smallest absolute Gasteiger partial charge is 0.316 e. The third-order valence-electron chi connectivity index (χ3n) is 4.76. The monoisotopic (exact) mass is 302 g/mol. The van der Waals surface area contributed by atoms with Gasteiger partial charge in [-0.3, -0.25) is 14.4 Å². The van der Waals surface area contributed by atoms with Crippen LogP contribution in [0.15, 0.2) is 24.3 Å². The number of piperazine rings is 1. The Morgan fingerprint density at radius 3 is 2.41 bits per heavy atom. The zero-order valence-corrected chi connectivity index (χ0v) is 12.4. The molecule has 2 fully saturated rings. The molecule has 116 valence electrons. The Kier molecular flexibility index (Phi) is 3.39. The van der Waals surface area contributed by atoms with Crippen molar-refractivity contribution in [1.29, 1.82) is 0 Å². The highest BCUT2D eigenvalue weighted by Gasteiger charge is 2.48. The van der Waals surface area contributed by atoms with Crippen molar-refractivity contribution in [3.05, 3.63) is 29.8 Å². The van der Waals surface area contributed by atoms with Gasteiger partial charge < -0.3 is 14.9 Å². The molecule has 0 spiro atoms. The second kappa shape index (κ2) is 5.12. The van der Waals surface area contributed by atoms with Gasteiger partial charge in [0.1, 0.15) is 0 Å². The molecule has 0 atom stereocenters. The van der Waals surface area contributed by atoms with Crippen LogP contribution in [0, 0.1) is 0 Å². The van der Waals surface area contributed by atoms with Crippen molar-refractivity contribution in [1.82, 2.24) is 4.90 Å². The van der Waals surface area contributed by atoms with E-state index in [1.807, 2.05) is 0 Å². The van der Waals surface area contributed by atoms with E-state index in [9.17, 15) is 19.5 Å². The third kappa shape index (κ3) is 1.98. The maximum atomic E-state index is 12.3. The fourth-order valence-corrected chi connectivity index (χ4v) is 3.20. The van der Waals surface area contributed by atoms with Crippen molar-refractivity contribution >= 4 is 23.5 Å². The quantitative estimate of drug-likeness (QED) is 0.845. The molecular weight excluding hydrogens is 284 g/mol. The van der Waals surface area contributed by atoms with Gasteiger partial charge in [0.05, 0.1) is 5.41 Å². The summed E-state index contributed by atoms with van der Waals surface area (Å²) >= 11 is 0. The van der Waals surface area contributed by atoms with Crippen LogP contribution < -0.4 is 4.90 Å². The summed E-state index contributed by atoms with van der Waals surface area (Å²) in [6.45, 7) is 0.826. The van der Waals surface area contributed by atoms with E-state index in [1.54, 1.807) is 31.3 Å². The molecule has 3 rings (SSSR count). The Bertz CT molecular complexity index is 651. The molecular formula is C16H18N2O4. The summed E-state index contributed by atoms with van der Waals surface area (Å²) in [6.07, 6.45) is 1.99. The van der Waals surface area contributed by atoms with Gasteiger partial charge in [-0.1, -0.05) is 24.6 Å². The van der Waals surface area contributed by atoms with Gasteiger partial charge in [0.25, 0.3) is 0 Å². The van der Waals surface area contributed by atoms with Gasteiger partial charge in [0.2, 0.25) is 0 Å². The second-order valence-corrected chi connectivity index (χ2v) is 5.94. The maximum Gasteiger partial charge on any atom is 0.316 e. The second-order valence-electron chi connectivity index (χ2n) is 5.94. The van der Waals surface area contributed by atoms with Crippen LogP contribution >= 0.6 is 0 Å². The van der Waals surface area contributed by atoms with Gasteiger partial charge in [0.15, 0.2) is 0 Å². The van der Waals surface area contributed by atoms with E-state index < -0.39 is 23.2 Å². The van der Waals surface area contributed by atoms with Crippen molar-refractivity contribution in [2.75, 3.05) is 25.0 Å². The van der Waals surface area contributed by atoms with E-state index in [0.717, 1.165) is 6.42 Å². The minimum absolute atomic E-state index is 0.383. The first-order chi connectivity index (χ1) is 10.5. The van der Waals surface area contributed by atoms with Crippen LogP contribution in [0.5, 0.6) is 0 Å². The topological polar surface area (TPSA) is 77.9 Å². The molecule has 2 aliphatic rings. The number of hydrogen-bond donors (Lipinski definition) is 1. The zero-order chi connectivity index (χ0) is 15.9. The SMILES string of the molecule is CN1CCN(c2ccccc2C2(C(=O)O)CCC2)C(=O)C1=O. The molecule has 0 unspecified atom stereocenters. The van der Waals surface area contributed by atoms with Crippen LogP contribution in [0.1, 0.15) is 24.8 Å². The first-order valence-electron chi connectivity index (χ1n) is 7.37. The fourth-order valence-electron chi connectivity index (χ4n) is 3.20. The first-order valence-corrected chi connectivity index (χ1v) is 7.37. The summed E-state index contributed by atoms with van der Waals surface area (Å²) in [5.74, 6) is -2.01. The van der Waals surface area contributed by atoms with Crippen molar-refractivity contribution in [3.8, 4) is 0 Å². The summed E-state index contributed by atoms with van der Waals surface area (Å²) in [6, 6.07) is 7.04. The average Bonchev–Trinajstić information content (AvgIpc) is 2.44. The van der Waals surface area contributed by atoms with Crippen LogP contribution in [-0.2, 0) is 19.8 Å². The lowest BCUT2D eigenvalue weighted by Gasteiger charge is -2.41. The van der Waals surface area contributed by atoms with Crippen molar-refractivity contribution in [3.63, 3.8) is 0 Å². The molecule has 1 saturated carbocycles. The number of para-hydroxylation sites is 1. The van der Waals surface area contributed by atoms with Gasteiger partial charge in [0, 0.05) is 25.8 Å². The highest BCUT2D eigenvalue weighted by molar-refractivity contribution is 6.41. The van der Waals surface area contributed by atoms with Crippen molar-refractivity contribution < 1.29 is 19.5 Å². The lowest BCUT2D eigenvalue weighted by molar-refractivity contribution is -0.147. The molecule has 0 bridgehead atoms. The number of carbonyl (C=O) groups is 3.